The minimum absolute atomic E-state index is 0.238. The number of halogens is 1. The van der Waals surface area contributed by atoms with Crippen LogP contribution in [0.25, 0.3) is 0 Å². The average molecular weight is 362 g/mol. The molecule has 1 aromatic heterocycles. The lowest BCUT2D eigenvalue weighted by Crippen LogP contribution is -2.35. The van der Waals surface area contributed by atoms with E-state index in [1.165, 1.54) is 11.1 Å². The van der Waals surface area contributed by atoms with Gasteiger partial charge < -0.3 is 15.5 Å². The first-order valence-corrected chi connectivity index (χ1v) is 8.73. The zero-order chi connectivity index (χ0) is 17.1. The number of aromatic nitrogens is 2. The molecule has 1 aliphatic rings. The van der Waals surface area contributed by atoms with E-state index < -0.39 is 0 Å². The van der Waals surface area contributed by atoms with Gasteiger partial charge in [0, 0.05) is 25.2 Å². The van der Waals surface area contributed by atoms with E-state index >= 15 is 0 Å². The van der Waals surface area contributed by atoms with Crippen molar-refractivity contribution in [2.24, 2.45) is 0 Å². The normalized spacial score (nSPS) is 13.6. The molecule has 1 aromatic carbocycles. The van der Waals surface area contributed by atoms with Gasteiger partial charge in [0.05, 0.1) is 0 Å². The topological polar surface area (TPSA) is 53.1 Å². The Labute approximate surface area is 152 Å². The fourth-order valence-corrected chi connectivity index (χ4v) is 3.22. The molecule has 3 rings (SSSR count). The van der Waals surface area contributed by atoms with Crippen LogP contribution in [0, 0.1) is 0 Å². The minimum Gasteiger partial charge on any atom is -0.360 e. The van der Waals surface area contributed by atoms with Gasteiger partial charge >= 0.3 is 0 Å². The van der Waals surface area contributed by atoms with Crippen molar-refractivity contribution >= 4 is 40.7 Å². The summed E-state index contributed by atoms with van der Waals surface area (Å²) >= 11 is 11.4. The van der Waals surface area contributed by atoms with Crippen molar-refractivity contribution in [2.75, 3.05) is 16.8 Å². The number of hydrogen-bond acceptors (Lipinski definition) is 4. The summed E-state index contributed by atoms with van der Waals surface area (Å²) in [5.74, 6) is 1.22. The zero-order valence-corrected chi connectivity index (χ0v) is 15.3. The maximum Gasteiger partial charge on any atom is 0.232 e. The van der Waals surface area contributed by atoms with Crippen molar-refractivity contribution in [1.29, 1.82) is 0 Å². The molecule has 0 amide bonds. The summed E-state index contributed by atoms with van der Waals surface area (Å²) in [5, 5.41) is 6.99. The highest BCUT2D eigenvalue weighted by atomic mass is 35.5. The molecule has 0 saturated heterocycles. The second-order valence-corrected chi connectivity index (χ2v) is 6.86. The van der Waals surface area contributed by atoms with Gasteiger partial charge in [0.25, 0.3) is 0 Å². The average Bonchev–Trinajstić information content (AvgIpc) is 2.53. The van der Waals surface area contributed by atoms with Gasteiger partial charge in [-0.1, -0.05) is 35.9 Å². The van der Waals surface area contributed by atoms with Crippen LogP contribution in [0.1, 0.15) is 25.0 Å². The second-order valence-electron chi connectivity index (χ2n) is 6.07. The molecular weight excluding hydrogens is 342 g/mol. The molecule has 2 N–H and O–H groups in total. The highest BCUT2D eigenvalue weighted by Crippen LogP contribution is 2.25. The third-order valence-corrected chi connectivity index (χ3v) is 4.19. The molecule has 2 aromatic rings. The first-order valence-electron chi connectivity index (χ1n) is 7.95. The number of benzene rings is 1. The Morgan fingerprint density at radius 1 is 1.25 bits per heavy atom. The van der Waals surface area contributed by atoms with Crippen LogP contribution >= 0.6 is 23.8 Å². The van der Waals surface area contributed by atoms with E-state index in [0.717, 1.165) is 25.3 Å². The standard InChI is InChI=1S/C17H20ClN5S/c1-11(2)19-17(24)22-16-20-14(18)9-15(21-16)23-8-7-12-5-3-4-6-13(12)10-23/h3-6,9,11H,7-8,10H2,1-2H3,(H2,19,20,21,22,24). The summed E-state index contributed by atoms with van der Waals surface area (Å²) in [6.45, 7) is 5.75. The highest BCUT2D eigenvalue weighted by Gasteiger charge is 2.18. The monoisotopic (exact) mass is 361 g/mol. The quantitative estimate of drug-likeness (QED) is 0.645. The van der Waals surface area contributed by atoms with Crippen molar-refractivity contribution in [2.45, 2.75) is 32.9 Å². The molecule has 5 nitrogen and oxygen atoms in total. The first-order chi connectivity index (χ1) is 11.5. The van der Waals surface area contributed by atoms with Crippen LogP contribution in [-0.4, -0.2) is 27.7 Å². The molecule has 0 saturated carbocycles. The number of nitrogens with zero attached hydrogens (tertiary/aromatic N) is 3. The van der Waals surface area contributed by atoms with Crippen LogP contribution in [0.5, 0.6) is 0 Å². The largest absolute Gasteiger partial charge is 0.360 e. The van der Waals surface area contributed by atoms with E-state index in [1.54, 1.807) is 6.07 Å². The molecule has 126 valence electrons. The van der Waals surface area contributed by atoms with Crippen LogP contribution in [0.2, 0.25) is 5.15 Å². The summed E-state index contributed by atoms with van der Waals surface area (Å²) in [6, 6.07) is 10.5. The maximum atomic E-state index is 6.18. The van der Waals surface area contributed by atoms with Crippen molar-refractivity contribution in [3.05, 3.63) is 46.6 Å². The molecule has 0 spiro atoms. The lowest BCUT2D eigenvalue weighted by Gasteiger charge is -2.30. The summed E-state index contributed by atoms with van der Waals surface area (Å²) in [7, 11) is 0. The molecule has 0 unspecified atom stereocenters. The van der Waals surface area contributed by atoms with Gasteiger partial charge in [-0.15, -0.1) is 0 Å². The van der Waals surface area contributed by atoms with E-state index in [4.69, 9.17) is 23.8 Å². The van der Waals surface area contributed by atoms with Crippen LogP contribution in [0.4, 0.5) is 11.8 Å². The van der Waals surface area contributed by atoms with Crippen molar-refractivity contribution in [1.82, 2.24) is 15.3 Å². The van der Waals surface area contributed by atoms with Crippen LogP contribution < -0.4 is 15.5 Å². The number of anilines is 2. The number of thiocarbonyl (C=S) groups is 1. The molecule has 0 aliphatic carbocycles. The molecule has 7 heteroatoms. The summed E-state index contributed by atoms with van der Waals surface area (Å²) in [6.07, 6.45) is 0.994. The Morgan fingerprint density at radius 3 is 2.75 bits per heavy atom. The molecule has 1 aliphatic heterocycles. The van der Waals surface area contributed by atoms with Gasteiger partial charge in [0.15, 0.2) is 5.11 Å². The third kappa shape index (κ3) is 4.13. The van der Waals surface area contributed by atoms with Gasteiger partial charge in [0.1, 0.15) is 11.0 Å². The molecule has 0 bridgehead atoms. The Hall–Kier alpha value is -1.92. The molecule has 2 heterocycles. The van der Waals surface area contributed by atoms with E-state index in [0.29, 0.717) is 16.2 Å². The SMILES string of the molecule is CC(C)NC(=S)Nc1nc(Cl)cc(N2CCc3ccccc3C2)n1. The van der Waals surface area contributed by atoms with Crippen LogP contribution in [-0.2, 0) is 13.0 Å². The first kappa shape index (κ1) is 16.9. The predicted molar refractivity (Wildman–Crippen MR) is 103 cm³/mol. The molecule has 0 fully saturated rings. The predicted octanol–water partition coefficient (Wildman–Crippen LogP) is 3.39. The van der Waals surface area contributed by atoms with Gasteiger partial charge in [0.2, 0.25) is 5.95 Å². The summed E-state index contributed by atoms with van der Waals surface area (Å²) < 4.78 is 0. The molecule has 24 heavy (non-hydrogen) atoms. The summed E-state index contributed by atoms with van der Waals surface area (Å²) in [5.41, 5.74) is 2.72. The molecule has 0 atom stereocenters. The van der Waals surface area contributed by atoms with Crippen LogP contribution in [0.3, 0.4) is 0 Å². The number of rotatable bonds is 3. The number of hydrogen-bond donors (Lipinski definition) is 2. The Morgan fingerprint density at radius 2 is 2.00 bits per heavy atom. The maximum absolute atomic E-state index is 6.18. The van der Waals surface area contributed by atoms with Crippen LogP contribution in [0.15, 0.2) is 30.3 Å². The fourth-order valence-electron chi connectivity index (χ4n) is 2.71. The minimum atomic E-state index is 0.238. The summed E-state index contributed by atoms with van der Waals surface area (Å²) in [4.78, 5) is 11.0. The van der Waals surface area contributed by atoms with E-state index in [1.807, 2.05) is 13.8 Å². The fraction of sp³-hybridized carbons (Fsp3) is 0.353. The highest BCUT2D eigenvalue weighted by molar-refractivity contribution is 7.80. The third-order valence-electron chi connectivity index (χ3n) is 3.78. The van der Waals surface area contributed by atoms with E-state index in [2.05, 4.69) is 49.8 Å². The Bertz CT molecular complexity index is 750. The van der Waals surface area contributed by atoms with Crippen molar-refractivity contribution < 1.29 is 0 Å². The van der Waals surface area contributed by atoms with Gasteiger partial charge in [-0.25, -0.2) is 4.98 Å². The Balaban J connectivity index is 1.78. The van der Waals surface area contributed by atoms with Crippen molar-refractivity contribution in [3.8, 4) is 0 Å². The van der Waals surface area contributed by atoms with Gasteiger partial charge in [-0.2, -0.15) is 4.98 Å². The second kappa shape index (κ2) is 7.32. The van der Waals surface area contributed by atoms with Crippen molar-refractivity contribution in [3.63, 3.8) is 0 Å². The number of fused-ring (bicyclic) bond motifs is 1. The zero-order valence-electron chi connectivity index (χ0n) is 13.7. The van der Waals surface area contributed by atoms with E-state index in [9.17, 15) is 0 Å². The lowest BCUT2D eigenvalue weighted by atomic mass is 10.00. The van der Waals surface area contributed by atoms with Gasteiger partial charge in [-0.3, -0.25) is 0 Å². The molecular formula is C17H20ClN5S. The van der Waals surface area contributed by atoms with Gasteiger partial charge in [-0.05, 0) is 43.6 Å². The van der Waals surface area contributed by atoms with E-state index in [-0.39, 0.29) is 6.04 Å². The lowest BCUT2D eigenvalue weighted by molar-refractivity contribution is 0.719. The smallest absolute Gasteiger partial charge is 0.232 e. The Kier molecular flexibility index (Phi) is 5.16. The number of nitrogens with one attached hydrogen (secondary N) is 2. The molecule has 0 radical (unpaired) electrons.